The van der Waals surface area contributed by atoms with E-state index in [1.807, 2.05) is 54.7 Å². The van der Waals surface area contributed by atoms with E-state index >= 15 is 0 Å². The lowest BCUT2D eigenvalue weighted by Gasteiger charge is -2.27. The Balaban J connectivity index is 1.83. The molecule has 0 atom stereocenters. The summed E-state index contributed by atoms with van der Waals surface area (Å²) in [6, 6.07) is 13.1. The molecule has 164 valence electrons. The highest BCUT2D eigenvalue weighted by Crippen LogP contribution is 2.26. The quantitative estimate of drug-likeness (QED) is 0.516. The van der Waals surface area contributed by atoms with Crippen molar-refractivity contribution in [2.75, 3.05) is 30.9 Å². The number of rotatable bonds is 9. The molecular formula is C24H29N3O3S. The number of benzene rings is 1. The molecule has 0 saturated heterocycles. The van der Waals surface area contributed by atoms with Crippen LogP contribution in [0.1, 0.15) is 34.8 Å². The minimum atomic E-state index is -0.143. The minimum absolute atomic E-state index is 0.0586. The Morgan fingerprint density at radius 3 is 2.55 bits per heavy atom. The Morgan fingerprint density at radius 2 is 1.94 bits per heavy atom. The summed E-state index contributed by atoms with van der Waals surface area (Å²) in [6.45, 7) is 5.17. The number of hydrogen-bond acceptors (Lipinski definition) is 5. The third kappa shape index (κ3) is 6.21. The van der Waals surface area contributed by atoms with E-state index in [0.717, 1.165) is 21.8 Å². The maximum atomic E-state index is 13.0. The summed E-state index contributed by atoms with van der Waals surface area (Å²) in [5.41, 5.74) is 2.67. The number of nitrogens with one attached hydrogen (secondary N) is 1. The van der Waals surface area contributed by atoms with Crippen molar-refractivity contribution in [1.29, 1.82) is 0 Å². The molecule has 6 nitrogen and oxygen atoms in total. The smallest absolute Gasteiger partial charge is 0.289 e. The first-order valence-corrected chi connectivity index (χ1v) is 11.2. The third-order valence-electron chi connectivity index (χ3n) is 4.73. The molecule has 1 aromatic carbocycles. The molecule has 0 aliphatic carbocycles. The van der Waals surface area contributed by atoms with Crippen LogP contribution in [-0.2, 0) is 17.8 Å². The Bertz CT molecular complexity index is 995. The van der Waals surface area contributed by atoms with Gasteiger partial charge in [-0.05, 0) is 53.3 Å². The Kier molecular flexibility index (Phi) is 7.52. The van der Waals surface area contributed by atoms with Crippen LogP contribution in [0.15, 0.2) is 58.5 Å². The van der Waals surface area contributed by atoms with Gasteiger partial charge in [-0.3, -0.25) is 9.59 Å². The second kappa shape index (κ2) is 10.3. The van der Waals surface area contributed by atoms with Crippen molar-refractivity contribution in [3.8, 4) is 0 Å². The first-order chi connectivity index (χ1) is 14.8. The summed E-state index contributed by atoms with van der Waals surface area (Å²) < 4.78 is 5.34. The van der Waals surface area contributed by atoms with E-state index < -0.39 is 0 Å². The second-order valence-corrected chi connectivity index (χ2v) is 9.13. The molecule has 0 unspecified atom stereocenters. The molecule has 3 rings (SSSR count). The summed E-state index contributed by atoms with van der Waals surface area (Å²) in [4.78, 5) is 30.3. The fourth-order valence-corrected chi connectivity index (χ4v) is 4.13. The van der Waals surface area contributed by atoms with Crippen LogP contribution >= 0.6 is 11.3 Å². The Morgan fingerprint density at radius 1 is 1.13 bits per heavy atom. The van der Waals surface area contributed by atoms with Gasteiger partial charge in [-0.2, -0.15) is 0 Å². The molecule has 2 aromatic heterocycles. The van der Waals surface area contributed by atoms with Gasteiger partial charge in [0.1, 0.15) is 0 Å². The first-order valence-electron chi connectivity index (χ1n) is 10.3. The van der Waals surface area contributed by atoms with Crippen LogP contribution in [0.25, 0.3) is 0 Å². The zero-order valence-corrected chi connectivity index (χ0v) is 19.2. The Labute approximate surface area is 187 Å². The van der Waals surface area contributed by atoms with Crippen molar-refractivity contribution in [2.45, 2.75) is 26.8 Å². The van der Waals surface area contributed by atoms with Gasteiger partial charge in [0.25, 0.3) is 5.91 Å². The molecule has 7 heteroatoms. The van der Waals surface area contributed by atoms with Crippen molar-refractivity contribution in [3.63, 3.8) is 0 Å². The van der Waals surface area contributed by atoms with Crippen molar-refractivity contribution in [3.05, 3.63) is 70.3 Å². The fourth-order valence-electron chi connectivity index (χ4n) is 3.42. The van der Waals surface area contributed by atoms with Gasteiger partial charge in [0.2, 0.25) is 5.91 Å². The van der Waals surface area contributed by atoms with E-state index in [-0.39, 0.29) is 11.8 Å². The van der Waals surface area contributed by atoms with E-state index in [4.69, 9.17) is 4.42 Å². The van der Waals surface area contributed by atoms with Crippen LogP contribution < -0.4 is 10.2 Å². The molecule has 0 bridgehead atoms. The molecule has 1 N–H and O–H groups in total. The lowest BCUT2D eigenvalue weighted by Crippen LogP contribution is -2.34. The number of furan rings is 1. The summed E-state index contributed by atoms with van der Waals surface area (Å²) in [5, 5.41) is 4.95. The number of carbonyl (C=O) groups excluding carboxylic acids is 2. The number of thiophene rings is 1. The van der Waals surface area contributed by atoms with E-state index in [0.29, 0.717) is 31.2 Å². The van der Waals surface area contributed by atoms with Gasteiger partial charge in [-0.15, -0.1) is 11.3 Å². The SMILES string of the molecule is CC(C)CN(Cc1cc(NC(=O)Cc2cccs2)ccc1N(C)C)C(=O)c1ccco1. The number of nitrogens with zero attached hydrogens (tertiary/aromatic N) is 2. The predicted octanol–water partition coefficient (Wildman–Crippen LogP) is 4.89. The zero-order chi connectivity index (χ0) is 22.4. The molecule has 0 fully saturated rings. The van der Waals surface area contributed by atoms with Crippen LogP contribution in [0.3, 0.4) is 0 Å². The van der Waals surface area contributed by atoms with Crippen LogP contribution in [0.5, 0.6) is 0 Å². The van der Waals surface area contributed by atoms with Gasteiger partial charge in [0.05, 0.1) is 12.7 Å². The molecule has 0 aliphatic heterocycles. The summed E-state index contributed by atoms with van der Waals surface area (Å²) in [6.07, 6.45) is 1.86. The highest BCUT2D eigenvalue weighted by Gasteiger charge is 2.21. The molecule has 2 heterocycles. The average Bonchev–Trinajstić information content (AvgIpc) is 3.40. The molecule has 0 saturated carbocycles. The van der Waals surface area contributed by atoms with Gasteiger partial charge in [0, 0.05) is 43.4 Å². The highest BCUT2D eigenvalue weighted by atomic mass is 32.1. The van der Waals surface area contributed by atoms with Crippen LogP contribution in [0.4, 0.5) is 11.4 Å². The summed E-state index contributed by atoms with van der Waals surface area (Å²) in [5.74, 6) is 0.426. The monoisotopic (exact) mass is 439 g/mol. The number of hydrogen-bond donors (Lipinski definition) is 1. The van der Waals surface area contributed by atoms with Gasteiger partial charge in [-0.1, -0.05) is 19.9 Å². The van der Waals surface area contributed by atoms with Crippen LogP contribution in [0.2, 0.25) is 0 Å². The van der Waals surface area contributed by atoms with Gasteiger partial charge < -0.3 is 19.5 Å². The van der Waals surface area contributed by atoms with Crippen LogP contribution in [-0.4, -0.2) is 37.4 Å². The first kappa shape index (κ1) is 22.6. The van der Waals surface area contributed by atoms with Gasteiger partial charge >= 0.3 is 0 Å². The average molecular weight is 440 g/mol. The maximum absolute atomic E-state index is 13.0. The van der Waals surface area contributed by atoms with Crippen molar-refractivity contribution in [2.24, 2.45) is 5.92 Å². The molecule has 2 amide bonds. The molecule has 31 heavy (non-hydrogen) atoms. The zero-order valence-electron chi connectivity index (χ0n) is 18.4. The number of anilines is 2. The maximum Gasteiger partial charge on any atom is 0.289 e. The van der Waals surface area contributed by atoms with Gasteiger partial charge in [-0.25, -0.2) is 0 Å². The highest BCUT2D eigenvalue weighted by molar-refractivity contribution is 7.10. The predicted molar refractivity (Wildman–Crippen MR) is 126 cm³/mol. The molecule has 3 aromatic rings. The standard InChI is InChI=1S/C24H29N3O3S/c1-17(2)15-27(24(29)22-8-5-11-30-22)16-18-13-19(9-10-21(18)26(3)4)25-23(28)14-20-7-6-12-31-20/h5-13,17H,14-16H2,1-4H3,(H,25,28). The lowest BCUT2D eigenvalue weighted by molar-refractivity contribution is -0.115. The lowest BCUT2D eigenvalue weighted by atomic mass is 10.1. The minimum Gasteiger partial charge on any atom is -0.459 e. The molecule has 0 radical (unpaired) electrons. The van der Waals surface area contributed by atoms with E-state index in [1.165, 1.54) is 6.26 Å². The molecular weight excluding hydrogens is 410 g/mol. The van der Waals surface area contributed by atoms with E-state index in [9.17, 15) is 9.59 Å². The van der Waals surface area contributed by atoms with Crippen LogP contribution in [0, 0.1) is 5.92 Å². The van der Waals surface area contributed by atoms with Crippen molar-refractivity contribution < 1.29 is 14.0 Å². The van der Waals surface area contributed by atoms with Crippen molar-refractivity contribution >= 4 is 34.5 Å². The fraction of sp³-hybridized carbons (Fsp3) is 0.333. The topological polar surface area (TPSA) is 65.8 Å². The van der Waals surface area contributed by atoms with Gasteiger partial charge in [0.15, 0.2) is 5.76 Å². The third-order valence-corrected chi connectivity index (χ3v) is 5.60. The molecule has 0 aliphatic rings. The molecule has 0 spiro atoms. The largest absolute Gasteiger partial charge is 0.459 e. The summed E-state index contributed by atoms with van der Waals surface area (Å²) >= 11 is 1.57. The number of amides is 2. The number of carbonyl (C=O) groups is 2. The van der Waals surface area contributed by atoms with E-state index in [2.05, 4.69) is 19.2 Å². The van der Waals surface area contributed by atoms with E-state index in [1.54, 1.807) is 28.4 Å². The Hall–Kier alpha value is -3.06. The van der Waals surface area contributed by atoms with Crippen molar-refractivity contribution in [1.82, 2.24) is 4.90 Å². The normalized spacial score (nSPS) is 10.9. The summed E-state index contributed by atoms with van der Waals surface area (Å²) in [7, 11) is 3.93. The second-order valence-electron chi connectivity index (χ2n) is 8.10.